The first-order chi connectivity index (χ1) is 9.52. The molecule has 1 N–H and O–H groups in total. The summed E-state index contributed by atoms with van der Waals surface area (Å²) >= 11 is 0. The molecule has 0 spiro atoms. The average Bonchev–Trinajstić information content (AvgIpc) is 2.88. The van der Waals surface area contributed by atoms with E-state index in [1.807, 2.05) is 6.92 Å². The zero-order valence-electron chi connectivity index (χ0n) is 10.5. The lowest BCUT2D eigenvalue weighted by molar-refractivity contribution is -0.384. The fourth-order valence-corrected chi connectivity index (χ4v) is 2.22. The molecule has 0 amide bonds. The monoisotopic (exact) mass is 271 g/mol. The molecule has 0 aliphatic heterocycles. The normalized spacial score (nSPS) is 13.1. The zero-order valence-corrected chi connectivity index (χ0v) is 10.5. The van der Waals surface area contributed by atoms with Gasteiger partial charge in [0.1, 0.15) is 17.2 Å². The summed E-state index contributed by atoms with van der Waals surface area (Å²) < 4.78 is 0. The third-order valence-corrected chi connectivity index (χ3v) is 3.23. The molecule has 0 unspecified atom stereocenters. The van der Waals surface area contributed by atoms with Crippen LogP contribution in [0.3, 0.4) is 0 Å². The van der Waals surface area contributed by atoms with Crippen molar-refractivity contribution in [2.45, 2.75) is 13.3 Å². The molecule has 3 rings (SSSR count). The fourth-order valence-electron chi connectivity index (χ4n) is 2.22. The van der Waals surface area contributed by atoms with Crippen LogP contribution in [0.15, 0.2) is 18.2 Å². The number of carbonyl (C=O) groups is 2. The van der Waals surface area contributed by atoms with Crippen LogP contribution in [0, 0.1) is 10.1 Å². The van der Waals surface area contributed by atoms with Gasteiger partial charge in [-0.2, -0.15) is 0 Å². The molecule has 2 aromatic rings. The fraction of sp³-hybridized carbons (Fsp3) is 0.154. The Bertz CT molecular complexity index is 776. The van der Waals surface area contributed by atoms with Gasteiger partial charge in [0.15, 0.2) is 0 Å². The second-order valence-electron chi connectivity index (χ2n) is 4.41. The van der Waals surface area contributed by atoms with Gasteiger partial charge in [-0.05, 0) is 6.07 Å². The van der Waals surface area contributed by atoms with Crippen LogP contribution in [-0.2, 0) is 6.42 Å². The first-order valence-electron chi connectivity index (χ1n) is 5.99. The van der Waals surface area contributed by atoms with Gasteiger partial charge in [0, 0.05) is 29.7 Å². The quantitative estimate of drug-likeness (QED) is 0.510. The molecule has 0 bridgehead atoms. The maximum atomic E-state index is 12.0. The number of nitrogens with one attached hydrogen (secondary N) is 1. The Morgan fingerprint density at radius 1 is 1.25 bits per heavy atom. The third kappa shape index (κ3) is 1.56. The number of imidazole rings is 1. The number of nitro groups is 1. The van der Waals surface area contributed by atoms with Crippen LogP contribution in [0.4, 0.5) is 5.69 Å². The van der Waals surface area contributed by atoms with E-state index in [-0.39, 0.29) is 16.9 Å². The molecule has 1 aliphatic rings. The van der Waals surface area contributed by atoms with Gasteiger partial charge in [0.05, 0.1) is 4.92 Å². The summed E-state index contributed by atoms with van der Waals surface area (Å²) in [6, 6.07) is 3.88. The van der Waals surface area contributed by atoms with Gasteiger partial charge < -0.3 is 4.98 Å². The second kappa shape index (κ2) is 4.09. The summed E-state index contributed by atoms with van der Waals surface area (Å²) in [4.78, 5) is 41.3. The van der Waals surface area contributed by atoms with E-state index >= 15 is 0 Å². The van der Waals surface area contributed by atoms with Crippen molar-refractivity contribution in [3.8, 4) is 11.3 Å². The Morgan fingerprint density at radius 3 is 2.65 bits per heavy atom. The average molecular weight is 271 g/mol. The molecule has 0 radical (unpaired) electrons. The van der Waals surface area contributed by atoms with Gasteiger partial charge in [-0.3, -0.25) is 19.7 Å². The highest BCUT2D eigenvalue weighted by Crippen LogP contribution is 2.34. The van der Waals surface area contributed by atoms with Crippen LogP contribution in [-0.4, -0.2) is 26.5 Å². The molecule has 0 saturated carbocycles. The van der Waals surface area contributed by atoms with Gasteiger partial charge in [-0.25, -0.2) is 4.98 Å². The highest BCUT2D eigenvalue weighted by Gasteiger charge is 2.34. The molecule has 1 aromatic heterocycles. The van der Waals surface area contributed by atoms with Gasteiger partial charge in [0.25, 0.3) is 11.5 Å². The van der Waals surface area contributed by atoms with Crippen molar-refractivity contribution < 1.29 is 14.5 Å². The molecular formula is C13H9N3O4. The number of nitrogens with zero attached hydrogens (tertiary/aromatic N) is 2. The lowest BCUT2D eigenvalue weighted by atomic mass is 9.90. The van der Waals surface area contributed by atoms with Crippen LogP contribution in [0.25, 0.3) is 11.3 Å². The van der Waals surface area contributed by atoms with Crippen LogP contribution >= 0.6 is 0 Å². The van der Waals surface area contributed by atoms with Crippen LogP contribution in [0.2, 0.25) is 0 Å². The molecule has 7 heteroatoms. The van der Waals surface area contributed by atoms with Crippen LogP contribution in [0.1, 0.15) is 33.6 Å². The number of Topliss-reactive ketones (excluding diaryl/α,β-unsaturated/α-hetero) is 2. The smallest absolute Gasteiger partial charge is 0.270 e. The molecular weight excluding hydrogens is 262 g/mol. The van der Waals surface area contributed by atoms with Gasteiger partial charge in [0.2, 0.25) is 5.78 Å². The standard InChI is InChI=1S/C13H9N3O4/c1-2-9-14-10-7-4-3-6(16(19)20)5-8(7)12(17)13(18)11(10)15-9/h3-5H,2H2,1H3,(H,14,15). The number of H-pyrrole nitrogens is 1. The summed E-state index contributed by atoms with van der Waals surface area (Å²) in [5, 5.41) is 10.8. The van der Waals surface area contributed by atoms with Crippen molar-refractivity contribution in [3.63, 3.8) is 0 Å². The third-order valence-electron chi connectivity index (χ3n) is 3.23. The number of aromatic nitrogens is 2. The van der Waals surface area contributed by atoms with Crippen molar-refractivity contribution in [1.82, 2.24) is 9.97 Å². The number of non-ortho nitro benzene ring substituents is 1. The number of hydrogen-bond acceptors (Lipinski definition) is 5. The maximum Gasteiger partial charge on any atom is 0.270 e. The summed E-state index contributed by atoms with van der Waals surface area (Å²) in [5.74, 6) is -0.856. The van der Waals surface area contributed by atoms with E-state index in [0.29, 0.717) is 23.5 Å². The highest BCUT2D eigenvalue weighted by molar-refractivity contribution is 6.52. The minimum absolute atomic E-state index is 0.0332. The summed E-state index contributed by atoms with van der Waals surface area (Å²) in [6.45, 7) is 1.87. The number of benzene rings is 1. The summed E-state index contributed by atoms with van der Waals surface area (Å²) in [7, 11) is 0. The molecule has 7 nitrogen and oxygen atoms in total. The van der Waals surface area contributed by atoms with E-state index in [4.69, 9.17) is 0 Å². The first kappa shape index (κ1) is 12.2. The van der Waals surface area contributed by atoms with Gasteiger partial charge >= 0.3 is 0 Å². The Hall–Kier alpha value is -2.83. The molecule has 0 atom stereocenters. The molecule has 0 saturated heterocycles. The van der Waals surface area contributed by atoms with Crippen LogP contribution < -0.4 is 0 Å². The van der Waals surface area contributed by atoms with E-state index in [1.165, 1.54) is 12.1 Å². The van der Waals surface area contributed by atoms with Crippen molar-refractivity contribution in [3.05, 3.63) is 45.4 Å². The van der Waals surface area contributed by atoms with Crippen molar-refractivity contribution in [1.29, 1.82) is 0 Å². The number of rotatable bonds is 2. The van der Waals surface area contributed by atoms with E-state index in [0.717, 1.165) is 6.07 Å². The van der Waals surface area contributed by atoms with E-state index < -0.39 is 16.5 Å². The number of ketones is 2. The Morgan fingerprint density at radius 2 is 2.00 bits per heavy atom. The molecule has 1 heterocycles. The number of aromatic amines is 1. The predicted octanol–water partition coefficient (Wildman–Crippen LogP) is 1.93. The molecule has 100 valence electrons. The Kier molecular flexibility index (Phi) is 2.50. The highest BCUT2D eigenvalue weighted by atomic mass is 16.6. The van der Waals surface area contributed by atoms with Crippen molar-refractivity contribution in [2.75, 3.05) is 0 Å². The SMILES string of the molecule is CCc1nc2c([nH]1)C(=O)C(=O)c1cc([N+](=O)[O-])ccc1-2. The molecule has 1 aliphatic carbocycles. The minimum Gasteiger partial charge on any atom is -0.339 e. The number of fused-ring (bicyclic) bond motifs is 3. The van der Waals surface area contributed by atoms with Crippen LogP contribution in [0.5, 0.6) is 0 Å². The maximum absolute atomic E-state index is 12.0. The first-order valence-corrected chi connectivity index (χ1v) is 5.99. The number of aryl methyl sites for hydroxylation is 1. The second-order valence-corrected chi connectivity index (χ2v) is 4.41. The van der Waals surface area contributed by atoms with Crippen molar-refractivity contribution in [2.24, 2.45) is 0 Å². The van der Waals surface area contributed by atoms with Gasteiger partial charge in [-0.15, -0.1) is 0 Å². The van der Waals surface area contributed by atoms with Crippen molar-refractivity contribution >= 4 is 17.3 Å². The Labute approximate surface area is 112 Å². The number of nitro benzene ring substituents is 1. The molecule has 0 fully saturated rings. The van der Waals surface area contributed by atoms with Gasteiger partial charge in [-0.1, -0.05) is 6.92 Å². The van der Waals surface area contributed by atoms with E-state index in [1.54, 1.807) is 0 Å². The lowest BCUT2D eigenvalue weighted by Crippen LogP contribution is -2.21. The van der Waals surface area contributed by atoms with E-state index in [9.17, 15) is 19.7 Å². The number of carbonyl (C=O) groups excluding carboxylic acids is 2. The Balaban J connectivity index is 2.28. The lowest BCUT2D eigenvalue weighted by Gasteiger charge is -2.12. The topological polar surface area (TPSA) is 106 Å². The number of hydrogen-bond donors (Lipinski definition) is 1. The molecule has 1 aromatic carbocycles. The summed E-state index contributed by atoms with van der Waals surface area (Å²) in [5.41, 5.74) is 0.807. The minimum atomic E-state index is -0.748. The summed E-state index contributed by atoms with van der Waals surface area (Å²) in [6.07, 6.45) is 0.594. The van der Waals surface area contributed by atoms with E-state index in [2.05, 4.69) is 9.97 Å². The zero-order chi connectivity index (χ0) is 14.4. The predicted molar refractivity (Wildman–Crippen MR) is 68.7 cm³/mol. The largest absolute Gasteiger partial charge is 0.339 e. The molecule has 20 heavy (non-hydrogen) atoms.